The van der Waals surface area contributed by atoms with E-state index in [4.69, 9.17) is 0 Å². The first-order valence-corrected chi connectivity index (χ1v) is 10.2. The fourth-order valence-corrected chi connectivity index (χ4v) is 4.46. The number of nitrogens with zero attached hydrogens (tertiary/aromatic N) is 1. The molecule has 0 radical (unpaired) electrons. The van der Waals surface area contributed by atoms with E-state index in [1.54, 1.807) is 0 Å². The van der Waals surface area contributed by atoms with Crippen molar-refractivity contribution in [3.8, 4) is 0 Å². The van der Waals surface area contributed by atoms with Gasteiger partial charge in [-0.2, -0.15) is 0 Å². The van der Waals surface area contributed by atoms with Crippen molar-refractivity contribution in [3.63, 3.8) is 0 Å². The maximum atomic E-state index is 12.9. The summed E-state index contributed by atoms with van der Waals surface area (Å²) in [6.45, 7) is 8.36. The van der Waals surface area contributed by atoms with Gasteiger partial charge in [-0.3, -0.25) is 9.59 Å². The van der Waals surface area contributed by atoms with Gasteiger partial charge >= 0.3 is 0 Å². The number of hydrogen-bond donors (Lipinski definition) is 1. The van der Waals surface area contributed by atoms with Gasteiger partial charge in [-0.15, -0.1) is 0 Å². The molecule has 1 aliphatic carbocycles. The summed E-state index contributed by atoms with van der Waals surface area (Å²) in [6, 6.07) is 9.02. The summed E-state index contributed by atoms with van der Waals surface area (Å²) in [4.78, 5) is 26.5. The lowest BCUT2D eigenvalue weighted by Gasteiger charge is -2.26. The average molecular weight is 357 g/mol. The molecule has 1 heterocycles. The minimum absolute atomic E-state index is 0.0266. The van der Waals surface area contributed by atoms with E-state index < -0.39 is 0 Å². The van der Waals surface area contributed by atoms with Gasteiger partial charge in [-0.25, -0.2) is 0 Å². The van der Waals surface area contributed by atoms with Crippen LogP contribution in [-0.2, 0) is 16.0 Å². The van der Waals surface area contributed by atoms with Crippen molar-refractivity contribution in [2.45, 2.75) is 52.4 Å². The van der Waals surface area contributed by atoms with Crippen molar-refractivity contribution in [1.29, 1.82) is 0 Å². The molecule has 142 valence electrons. The first kappa shape index (κ1) is 18.9. The number of piperidine rings is 1. The third-order valence-corrected chi connectivity index (χ3v) is 6.13. The standard InChI is InChI=1S/C22H32N2O2/c1-4-7-17(12-23-20(25)6-3)22(26)24-13-18-19(14-24)21(18)16-10-8-15(5-2)9-11-16/h8-11,17-19,21H,4-7,12-14H2,1-3H3,(H,23,25)/t17-,18-,19+,21?/m1/s1. The van der Waals surface area contributed by atoms with E-state index in [-0.39, 0.29) is 17.7 Å². The Morgan fingerprint density at radius 1 is 1.12 bits per heavy atom. The molecule has 1 saturated heterocycles. The van der Waals surface area contributed by atoms with Crippen LogP contribution in [0.1, 0.15) is 57.1 Å². The first-order chi connectivity index (χ1) is 12.6. The van der Waals surface area contributed by atoms with Gasteiger partial charge < -0.3 is 10.2 Å². The zero-order valence-corrected chi connectivity index (χ0v) is 16.3. The van der Waals surface area contributed by atoms with Gasteiger partial charge in [0.15, 0.2) is 0 Å². The van der Waals surface area contributed by atoms with Gasteiger partial charge in [0.1, 0.15) is 0 Å². The minimum Gasteiger partial charge on any atom is -0.355 e. The lowest BCUT2D eigenvalue weighted by molar-refractivity contribution is -0.135. The number of amides is 2. The summed E-state index contributed by atoms with van der Waals surface area (Å²) in [6.07, 6.45) is 3.36. The number of likely N-dealkylation sites (tertiary alicyclic amines) is 1. The molecular formula is C22H32N2O2. The molecule has 3 rings (SSSR count). The van der Waals surface area contributed by atoms with Crippen LogP contribution in [0.5, 0.6) is 0 Å². The number of fused-ring (bicyclic) bond motifs is 1. The Hall–Kier alpha value is -1.84. The second kappa shape index (κ2) is 8.24. The van der Waals surface area contributed by atoms with Gasteiger partial charge in [0, 0.05) is 26.1 Å². The van der Waals surface area contributed by atoms with Crippen LogP contribution in [0.4, 0.5) is 0 Å². The van der Waals surface area contributed by atoms with Crippen molar-refractivity contribution in [2.24, 2.45) is 17.8 Å². The Bertz CT molecular complexity index is 628. The Balaban J connectivity index is 1.54. The van der Waals surface area contributed by atoms with Gasteiger partial charge in [0.2, 0.25) is 11.8 Å². The fourth-order valence-electron chi connectivity index (χ4n) is 4.46. The number of benzene rings is 1. The number of hydrogen-bond acceptors (Lipinski definition) is 2. The van der Waals surface area contributed by atoms with Crippen LogP contribution in [-0.4, -0.2) is 36.3 Å². The van der Waals surface area contributed by atoms with Gasteiger partial charge in [0.05, 0.1) is 5.92 Å². The molecule has 26 heavy (non-hydrogen) atoms. The Morgan fingerprint density at radius 3 is 2.31 bits per heavy atom. The van der Waals surface area contributed by atoms with E-state index in [1.165, 1.54) is 11.1 Å². The summed E-state index contributed by atoms with van der Waals surface area (Å²) in [5, 5.41) is 2.90. The van der Waals surface area contributed by atoms with Gasteiger partial charge in [-0.05, 0) is 41.7 Å². The first-order valence-electron chi connectivity index (χ1n) is 10.2. The van der Waals surface area contributed by atoms with Crippen LogP contribution in [0.25, 0.3) is 0 Å². The highest BCUT2D eigenvalue weighted by molar-refractivity contribution is 5.81. The molecule has 1 aromatic rings. The Morgan fingerprint density at radius 2 is 1.77 bits per heavy atom. The van der Waals surface area contributed by atoms with Crippen molar-refractivity contribution >= 4 is 11.8 Å². The lowest BCUT2D eigenvalue weighted by atomic mass is 10.0. The highest BCUT2D eigenvalue weighted by atomic mass is 16.2. The van der Waals surface area contributed by atoms with Crippen molar-refractivity contribution in [1.82, 2.24) is 10.2 Å². The van der Waals surface area contributed by atoms with Crippen LogP contribution in [0.2, 0.25) is 0 Å². The van der Waals surface area contributed by atoms with E-state index in [0.29, 0.717) is 30.7 Å². The number of aryl methyl sites for hydroxylation is 1. The fraction of sp³-hybridized carbons (Fsp3) is 0.636. The lowest BCUT2D eigenvalue weighted by Crippen LogP contribution is -2.41. The molecule has 0 aromatic heterocycles. The van der Waals surface area contributed by atoms with Crippen LogP contribution >= 0.6 is 0 Å². The predicted molar refractivity (Wildman–Crippen MR) is 104 cm³/mol. The molecule has 4 nitrogen and oxygen atoms in total. The van der Waals surface area contributed by atoms with Gasteiger partial charge in [0.25, 0.3) is 0 Å². The molecule has 2 aliphatic rings. The van der Waals surface area contributed by atoms with E-state index in [1.807, 2.05) is 11.8 Å². The Labute approximate surface area is 157 Å². The van der Waals surface area contributed by atoms with Gasteiger partial charge in [-0.1, -0.05) is 51.5 Å². The van der Waals surface area contributed by atoms with E-state index >= 15 is 0 Å². The van der Waals surface area contributed by atoms with Crippen LogP contribution in [0, 0.1) is 17.8 Å². The third-order valence-electron chi connectivity index (χ3n) is 6.13. The topological polar surface area (TPSA) is 49.4 Å². The number of carbonyl (C=O) groups excluding carboxylic acids is 2. The van der Waals surface area contributed by atoms with E-state index in [0.717, 1.165) is 32.4 Å². The number of nitrogens with one attached hydrogen (secondary N) is 1. The Kier molecular flexibility index (Phi) is 6.00. The molecule has 0 bridgehead atoms. The molecule has 1 unspecified atom stereocenters. The van der Waals surface area contributed by atoms with Crippen molar-refractivity contribution in [2.75, 3.05) is 19.6 Å². The summed E-state index contributed by atoms with van der Waals surface area (Å²) < 4.78 is 0. The normalized spacial score (nSPS) is 24.9. The smallest absolute Gasteiger partial charge is 0.227 e. The molecule has 1 N–H and O–H groups in total. The highest BCUT2D eigenvalue weighted by Crippen LogP contribution is 2.58. The van der Waals surface area contributed by atoms with E-state index in [2.05, 4.69) is 43.4 Å². The average Bonchev–Trinajstić information content (AvgIpc) is 3.17. The summed E-state index contributed by atoms with van der Waals surface area (Å²) in [5.74, 6) is 2.07. The summed E-state index contributed by atoms with van der Waals surface area (Å²) in [7, 11) is 0. The quantitative estimate of drug-likeness (QED) is 0.776. The second-order valence-corrected chi connectivity index (χ2v) is 7.84. The van der Waals surface area contributed by atoms with Crippen LogP contribution in [0.15, 0.2) is 24.3 Å². The molecular weight excluding hydrogens is 324 g/mol. The van der Waals surface area contributed by atoms with E-state index in [9.17, 15) is 9.59 Å². The molecule has 1 aromatic carbocycles. The number of rotatable bonds is 8. The second-order valence-electron chi connectivity index (χ2n) is 7.84. The zero-order valence-electron chi connectivity index (χ0n) is 16.3. The zero-order chi connectivity index (χ0) is 18.7. The molecule has 1 aliphatic heterocycles. The molecule has 4 atom stereocenters. The maximum absolute atomic E-state index is 12.9. The van der Waals surface area contributed by atoms with Crippen molar-refractivity contribution < 1.29 is 9.59 Å². The summed E-state index contributed by atoms with van der Waals surface area (Å²) in [5.41, 5.74) is 2.82. The monoisotopic (exact) mass is 356 g/mol. The van der Waals surface area contributed by atoms with Crippen LogP contribution < -0.4 is 5.32 Å². The van der Waals surface area contributed by atoms with Crippen molar-refractivity contribution in [3.05, 3.63) is 35.4 Å². The SMILES string of the molecule is CCC[C@H](CNC(=O)CC)C(=O)N1C[C@@H]2C(c3ccc(CC)cc3)[C@@H]2C1. The molecule has 2 amide bonds. The minimum atomic E-state index is -0.0738. The molecule has 0 spiro atoms. The molecule has 4 heteroatoms. The predicted octanol–water partition coefficient (Wildman–Crippen LogP) is 3.36. The highest BCUT2D eigenvalue weighted by Gasteiger charge is 2.57. The third kappa shape index (κ3) is 3.94. The molecule has 1 saturated carbocycles. The largest absolute Gasteiger partial charge is 0.355 e. The maximum Gasteiger partial charge on any atom is 0.227 e. The van der Waals surface area contributed by atoms with Crippen LogP contribution in [0.3, 0.4) is 0 Å². The number of carbonyl (C=O) groups is 2. The summed E-state index contributed by atoms with van der Waals surface area (Å²) >= 11 is 0. The molecule has 2 fully saturated rings.